The summed E-state index contributed by atoms with van der Waals surface area (Å²) in [5.41, 5.74) is 0. The zero-order chi connectivity index (χ0) is 13.2. The van der Waals surface area contributed by atoms with Crippen molar-refractivity contribution in [1.29, 1.82) is 0 Å². The predicted octanol–water partition coefficient (Wildman–Crippen LogP) is 2.51. The van der Waals surface area contributed by atoms with Crippen molar-refractivity contribution in [2.24, 2.45) is 11.8 Å². The Morgan fingerprint density at radius 1 is 0.947 bits per heavy atom. The molecule has 0 aromatic heterocycles. The van der Waals surface area contributed by atoms with Crippen molar-refractivity contribution < 1.29 is 4.79 Å². The summed E-state index contributed by atoms with van der Waals surface area (Å²) in [6, 6.07) is 0.806. The minimum absolute atomic E-state index is 0.395. The second-order valence-electron chi connectivity index (χ2n) is 6.72. The molecule has 0 radical (unpaired) electrons. The quantitative estimate of drug-likeness (QED) is 0.782. The molecule has 1 heterocycles. The molecule has 0 unspecified atom stereocenters. The molecule has 108 valence electrons. The number of nitrogens with zero attached hydrogens (tertiary/aromatic N) is 2. The molecule has 0 bridgehead atoms. The van der Waals surface area contributed by atoms with E-state index in [1.165, 1.54) is 32.1 Å². The SMILES string of the molecule is CC[C@H]1CC[C@H](N2CCN(C(=O)C3CC3)CC2)CC1. The lowest BCUT2D eigenvalue weighted by Gasteiger charge is -2.42. The molecule has 2 aliphatic carbocycles. The third-order valence-electron chi connectivity index (χ3n) is 5.46. The molecule has 0 N–H and O–H groups in total. The number of carbonyl (C=O) groups is 1. The summed E-state index contributed by atoms with van der Waals surface area (Å²) in [5, 5.41) is 0. The van der Waals surface area contributed by atoms with Gasteiger partial charge in [-0.25, -0.2) is 0 Å². The first-order chi connectivity index (χ1) is 9.28. The summed E-state index contributed by atoms with van der Waals surface area (Å²) in [4.78, 5) is 16.8. The number of rotatable bonds is 3. The van der Waals surface area contributed by atoms with Crippen LogP contribution in [0.4, 0.5) is 0 Å². The zero-order valence-corrected chi connectivity index (χ0v) is 12.3. The van der Waals surface area contributed by atoms with Crippen LogP contribution in [0.1, 0.15) is 51.9 Å². The van der Waals surface area contributed by atoms with Crippen molar-refractivity contribution >= 4 is 5.91 Å². The number of amides is 1. The number of carbonyl (C=O) groups excluding carboxylic acids is 1. The Balaban J connectivity index is 1.43. The van der Waals surface area contributed by atoms with Crippen LogP contribution in [0, 0.1) is 11.8 Å². The van der Waals surface area contributed by atoms with Crippen LogP contribution in [0.25, 0.3) is 0 Å². The fraction of sp³-hybridized carbons (Fsp3) is 0.938. The van der Waals surface area contributed by atoms with E-state index in [-0.39, 0.29) is 0 Å². The van der Waals surface area contributed by atoms with Crippen molar-refractivity contribution in [2.75, 3.05) is 26.2 Å². The van der Waals surface area contributed by atoms with E-state index in [1.807, 2.05) is 0 Å². The highest BCUT2D eigenvalue weighted by atomic mass is 16.2. The molecule has 0 spiro atoms. The Morgan fingerprint density at radius 2 is 1.58 bits per heavy atom. The molecule has 0 aromatic carbocycles. The van der Waals surface area contributed by atoms with Gasteiger partial charge in [0.05, 0.1) is 0 Å². The Kier molecular flexibility index (Phi) is 4.11. The van der Waals surface area contributed by atoms with Crippen LogP contribution < -0.4 is 0 Å². The third kappa shape index (κ3) is 3.13. The first-order valence-electron chi connectivity index (χ1n) is 8.30. The molecule has 3 rings (SSSR count). The summed E-state index contributed by atoms with van der Waals surface area (Å²) in [5.74, 6) is 1.81. The fourth-order valence-corrected chi connectivity index (χ4v) is 3.81. The van der Waals surface area contributed by atoms with Gasteiger partial charge in [0.15, 0.2) is 0 Å². The molecule has 0 atom stereocenters. The molecule has 1 amide bonds. The van der Waals surface area contributed by atoms with Gasteiger partial charge < -0.3 is 4.90 Å². The van der Waals surface area contributed by atoms with Gasteiger partial charge in [0.1, 0.15) is 0 Å². The van der Waals surface area contributed by atoms with Crippen molar-refractivity contribution in [3.63, 3.8) is 0 Å². The van der Waals surface area contributed by atoms with E-state index in [9.17, 15) is 4.79 Å². The molecule has 3 fully saturated rings. The molecule has 1 saturated heterocycles. The predicted molar refractivity (Wildman–Crippen MR) is 76.9 cm³/mol. The first kappa shape index (κ1) is 13.4. The van der Waals surface area contributed by atoms with Crippen molar-refractivity contribution in [2.45, 2.75) is 57.9 Å². The Labute approximate surface area is 117 Å². The molecular formula is C16H28N2O. The van der Waals surface area contributed by atoms with Gasteiger partial charge >= 0.3 is 0 Å². The molecule has 3 nitrogen and oxygen atoms in total. The van der Waals surface area contributed by atoms with Crippen LogP contribution in [0.2, 0.25) is 0 Å². The largest absolute Gasteiger partial charge is 0.340 e. The Hall–Kier alpha value is -0.570. The van der Waals surface area contributed by atoms with E-state index in [0.717, 1.165) is 51.0 Å². The molecule has 3 heteroatoms. The number of hydrogen-bond acceptors (Lipinski definition) is 2. The normalized spacial score (nSPS) is 33.4. The molecule has 19 heavy (non-hydrogen) atoms. The second-order valence-corrected chi connectivity index (χ2v) is 6.72. The van der Waals surface area contributed by atoms with E-state index < -0.39 is 0 Å². The zero-order valence-electron chi connectivity index (χ0n) is 12.3. The topological polar surface area (TPSA) is 23.6 Å². The molecule has 1 aliphatic heterocycles. The van der Waals surface area contributed by atoms with E-state index in [4.69, 9.17) is 0 Å². The average molecular weight is 264 g/mol. The lowest BCUT2D eigenvalue weighted by Crippen LogP contribution is -2.52. The standard InChI is InChI=1S/C16H28N2O/c1-2-13-3-7-15(8-4-13)17-9-11-18(12-10-17)16(19)14-5-6-14/h13-15H,2-12H2,1H3/t13-,15-. The fourth-order valence-electron chi connectivity index (χ4n) is 3.81. The third-order valence-corrected chi connectivity index (χ3v) is 5.46. The molecular weight excluding hydrogens is 236 g/mol. The van der Waals surface area contributed by atoms with Gasteiger partial charge in [0.2, 0.25) is 5.91 Å². The second kappa shape index (κ2) is 5.82. The molecule has 3 aliphatic rings. The minimum atomic E-state index is 0.395. The van der Waals surface area contributed by atoms with Crippen LogP contribution in [-0.4, -0.2) is 47.9 Å². The number of piperazine rings is 1. The van der Waals surface area contributed by atoms with Crippen LogP contribution in [0.5, 0.6) is 0 Å². The van der Waals surface area contributed by atoms with Crippen LogP contribution in [0.3, 0.4) is 0 Å². The summed E-state index contributed by atoms with van der Waals surface area (Å²) < 4.78 is 0. The van der Waals surface area contributed by atoms with Gasteiger partial charge in [-0.05, 0) is 44.4 Å². The molecule has 0 aromatic rings. The number of hydrogen-bond donors (Lipinski definition) is 0. The van der Waals surface area contributed by atoms with Crippen LogP contribution in [-0.2, 0) is 4.79 Å². The smallest absolute Gasteiger partial charge is 0.225 e. The van der Waals surface area contributed by atoms with Crippen LogP contribution >= 0.6 is 0 Å². The minimum Gasteiger partial charge on any atom is -0.340 e. The van der Waals surface area contributed by atoms with E-state index >= 15 is 0 Å². The van der Waals surface area contributed by atoms with E-state index in [1.54, 1.807) is 0 Å². The first-order valence-corrected chi connectivity index (χ1v) is 8.30. The lowest BCUT2D eigenvalue weighted by atomic mass is 9.84. The highest BCUT2D eigenvalue weighted by Crippen LogP contribution is 2.32. The maximum atomic E-state index is 12.0. The van der Waals surface area contributed by atoms with E-state index in [2.05, 4.69) is 16.7 Å². The molecule has 2 saturated carbocycles. The summed E-state index contributed by atoms with van der Waals surface area (Å²) in [6.07, 6.45) is 9.24. The Bertz CT molecular complexity index is 311. The van der Waals surface area contributed by atoms with Gasteiger partial charge in [0, 0.05) is 38.1 Å². The highest BCUT2D eigenvalue weighted by molar-refractivity contribution is 5.81. The van der Waals surface area contributed by atoms with Gasteiger partial charge in [-0.1, -0.05) is 13.3 Å². The summed E-state index contributed by atoms with van der Waals surface area (Å²) in [6.45, 7) is 6.50. The van der Waals surface area contributed by atoms with Crippen molar-refractivity contribution in [1.82, 2.24) is 9.80 Å². The lowest BCUT2D eigenvalue weighted by molar-refractivity contribution is -0.134. The summed E-state index contributed by atoms with van der Waals surface area (Å²) >= 11 is 0. The van der Waals surface area contributed by atoms with Crippen molar-refractivity contribution in [3.05, 3.63) is 0 Å². The van der Waals surface area contributed by atoms with Crippen LogP contribution in [0.15, 0.2) is 0 Å². The maximum Gasteiger partial charge on any atom is 0.225 e. The van der Waals surface area contributed by atoms with Crippen molar-refractivity contribution in [3.8, 4) is 0 Å². The summed E-state index contributed by atoms with van der Waals surface area (Å²) in [7, 11) is 0. The van der Waals surface area contributed by atoms with E-state index in [0.29, 0.717) is 11.8 Å². The van der Waals surface area contributed by atoms with Gasteiger partial charge in [-0.2, -0.15) is 0 Å². The highest BCUT2D eigenvalue weighted by Gasteiger charge is 2.35. The Morgan fingerprint density at radius 3 is 2.11 bits per heavy atom. The van der Waals surface area contributed by atoms with Gasteiger partial charge in [-0.3, -0.25) is 9.69 Å². The monoisotopic (exact) mass is 264 g/mol. The van der Waals surface area contributed by atoms with Gasteiger partial charge in [-0.15, -0.1) is 0 Å². The van der Waals surface area contributed by atoms with Gasteiger partial charge in [0.25, 0.3) is 0 Å². The average Bonchev–Trinajstić information content (AvgIpc) is 3.31. The maximum absolute atomic E-state index is 12.0.